The molecule has 1 aromatic carbocycles. The maximum absolute atomic E-state index is 2.43. The van der Waals surface area contributed by atoms with Crippen LogP contribution in [0, 0.1) is 10.8 Å². The average molecular weight is 277 g/mol. The zero-order valence-corrected chi connectivity index (χ0v) is 14.4. The SMILES string of the molecule is CC(C)(C)c1ccc([S+]2CC(C)(C)C(C)(C)C2)cc1. The van der Waals surface area contributed by atoms with Crippen molar-refractivity contribution in [2.45, 2.75) is 58.8 Å². The number of hydrogen-bond donors (Lipinski definition) is 0. The molecular weight excluding hydrogens is 248 g/mol. The van der Waals surface area contributed by atoms with E-state index in [0.29, 0.717) is 21.7 Å². The zero-order valence-electron chi connectivity index (χ0n) is 13.6. The first-order valence-corrected chi connectivity index (χ1v) is 8.87. The third kappa shape index (κ3) is 2.86. The first kappa shape index (κ1) is 15.0. The Morgan fingerprint density at radius 1 is 0.842 bits per heavy atom. The van der Waals surface area contributed by atoms with E-state index in [1.165, 1.54) is 17.1 Å². The van der Waals surface area contributed by atoms with Gasteiger partial charge in [-0.25, -0.2) is 0 Å². The Labute approximate surface area is 122 Å². The summed E-state index contributed by atoms with van der Waals surface area (Å²) in [6.45, 7) is 16.6. The fourth-order valence-corrected chi connectivity index (χ4v) is 6.11. The summed E-state index contributed by atoms with van der Waals surface area (Å²) in [7, 11) is 0.435. The second kappa shape index (κ2) is 4.55. The van der Waals surface area contributed by atoms with E-state index in [0.717, 1.165) is 0 Å². The summed E-state index contributed by atoms with van der Waals surface area (Å²) in [5.41, 5.74) is 2.62. The fourth-order valence-electron chi connectivity index (χ4n) is 2.63. The van der Waals surface area contributed by atoms with E-state index in [1.54, 1.807) is 4.90 Å². The van der Waals surface area contributed by atoms with E-state index in [-0.39, 0.29) is 5.41 Å². The minimum absolute atomic E-state index is 0.260. The maximum atomic E-state index is 2.43. The molecule has 0 atom stereocenters. The van der Waals surface area contributed by atoms with Gasteiger partial charge in [0.15, 0.2) is 4.90 Å². The standard InChI is InChI=1S/C18H29S/c1-16(2,3)14-8-10-15(11-9-14)19-12-17(4,5)18(6,7)13-19/h8-11H,12-13H2,1-7H3/q+1. The van der Waals surface area contributed by atoms with Crippen LogP contribution in [0.5, 0.6) is 0 Å². The van der Waals surface area contributed by atoms with Crippen LogP contribution in [-0.4, -0.2) is 11.5 Å². The molecule has 0 spiro atoms. The van der Waals surface area contributed by atoms with Gasteiger partial charge in [-0.2, -0.15) is 0 Å². The molecule has 106 valence electrons. The monoisotopic (exact) mass is 277 g/mol. The van der Waals surface area contributed by atoms with Crippen LogP contribution >= 0.6 is 0 Å². The van der Waals surface area contributed by atoms with Crippen molar-refractivity contribution in [3.05, 3.63) is 29.8 Å². The summed E-state index contributed by atoms with van der Waals surface area (Å²) >= 11 is 0. The van der Waals surface area contributed by atoms with Crippen molar-refractivity contribution in [1.29, 1.82) is 0 Å². The van der Waals surface area contributed by atoms with Gasteiger partial charge in [0, 0.05) is 21.7 Å². The summed E-state index contributed by atoms with van der Waals surface area (Å²) in [6, 6.07) is 9.42. The summed E-state index contributed by atoms with van der Waals surface area (Å²) < 4.78 is 0. The molecule has 0 bridgehead atoms. The summed E-state index contributed by atoms with van der Waals surface area (Å²) in [6.07, 6.45) is 0. The Morgan fingerprint density at radius 3 is 1.63 bits per heavy atom. The third-order valence-electron chi connectivity index (χ3n) is 4.96. The van der Waals surface area contributed by atoms with Gasteiger partial charge in [0.25, 0.3) is 0 Å². The maximum Gasteiger partial charge on any atom is 0.154 e. The highest BCUT2D eigenvalue weighted by Gasteiger charge is 2.53. The highest BCUT2D eigenvalue weighted by atomic mass is 32.2. The molecule has 1 aromatic rings. The van der Waals surface area contributed by atoms with E-state index in [1.807, 2.05) is 0 Å². The van der Waals surface area contributed by atoms with Gasteiger partial charge in [0.1, 0.15) is 11.5 Å². The molecular formula is C18H29S+. The van der Waals surface area contributed by atoms with Crippen molar-refractivity contribution in [3.8, 4) is 0 Å². The van der Waals surface area contributed by atoms with Gasteiger partial charge >= 0.3 is 0 Å². The van der Waals surface area contributed by atoms with Crippen molar-refractivity contribution < 1.29 is 0 Å². The largest absolute Gasteiger partial charge is 0.154 e. The molecule has 1 heteroatoms. The lowest BCUT2D eigenvalue weighted by molar-refractivity contribution is 0.184. The lowest BCUT2D eigenvalue weighted by Gasteiger charge is -2.29. The first-order valence-electron chi connectivity index (χ1n) is 7.31. The van der Waals surface area contributed by atoms with Gasteiger partial charge in [-0.05, 0) is 23.1 Å². The topological polar surface area (TPSA) is 0 Å². The number of hydrogen-bond acceptors (Lipinski definition) is 0. The highest BCUT2D eigenvalue weighted by Crippen LogP contribution is 2.49. The molecule has 0 unspecified atom stereocenters. The Kier molecular flexibility index (Phi) is 3.58. The van der Waals surface area contributed by atoms with E-state index in [9.17, 15) is 0 Å². The van der Waals surface area contributed by atoms with E-state index >= 15 is 0 Å². The van der Waals surface area contributed by atoms with Gasteiger partial charge in [0.2, 0.25) is 0 Å². The van der Waals surface area contributed by atoms with Gasteiger partial charge in [-0.15, -0.1) is 0 Å². The predicted molar refractivity (Wildman–Crippen MR) is 88.1 cm³/mol. The van der Waals surface area contributed by atoms with Gasteiger partial charge in [-0.3, -0.25) is 0 Å². The lowest BCUT2D eigenvalue weighted by Crippen LogP contribution is -2.30. The third-order valence-corrected chi connectivity index (χ3v) is 8.04. The fraction of sp³-hybridized carbons (Fsp3) is 0.667. The molecule has 2 rings (SSSR count). The summed E-state index contributed by atoms with van der Waals surface area (Å²) in [4.78, 5) is 1.56. The predicted octanol–water partition coefficient (Wildman–Crippen LogP) is 5.03. The Morgan fingerprint density at radius 2 is 1.26 bits per heavy atom. The normalized spacial score (nSPS) is 22.7. The summed E-state index contributed by atoms with van der Waals surface area (Å²) in [5.74, 6) is 2.68. The molecule has 0 nitrogen and oxygen atoms in total. The number of rotatable bonds is 1. The van der Waals surface area contributed by atoms with Crippen molar-refractivity contribution in [2.75, 3.05) is 11.5 Å². The molecule has 0 aromatic heterocycles. The first-order chi connectivity index (χ1) is 8.53. The average Bonchev–Trinajstić information content (AvgIpc) is 2.47. The molecule has 0 amide bonds. The van der Waals surface area contributed by atoms with E-state index in [2.05, 4.69) is 72.7 Å². The van der Waals surface area contributed by atoms with E-state index in [4.69, 9.17) is 0 Å². The number of benzene rings is 1. The van der Waals surface area contributed by atoms with E-state index < -0.39 is 0 Å². The molecule has 1 aliphatic rings. The van der Waals surface area contributed by atoms with Crippen molar-refractivity contribution in [1.82, 2.24) is 0 Å². The minimum atomic E-state index is 0.260. The van der Waals surface area contributed by atoms with Crippen molar-refractivity contribution in [3.63, 3.8) is 0 Å². The molecule has 1 heterocycles. The van der Waals surface area contributed by atoms with Crippen LogP contribution in [0.4, 0.5) is 0 Å². The molecule has 0 radical (unpaired) electrons. The minimum Gasteiger partial charge on any atom is -0.0561 e. The molecule has 19 heavy (non-hydrogen) atoms. The van der Waals surface area contributed by atoms with Gasteiger partial charge in [-0.1, -0.05) is 60.6 Å². The van der Waals surface area contributed by atoms with Gasteiger partial charge < -0.3 is 0 Å². The lowest BCUT2D eigenvalue weighted by atomic mass is 9.71. The van der Waals surface area contributed by atoms with Gasteiger partial charge in [0.05, 0.1) is 0 Å². The van der Waals surface area contributed by atoms with Crippen molar-refractivity contribution >= 4 is 10.9 Å². The van der Waals surface area contributed by atoms with Crippen LogP contribution < -0.4 is 0 Å². The Balaban J connectivity index is 2.22. The molecule has 0 aliphatic carbocycles. The van der Waals surface area contributed by atoms with Crippen molar-refractivity contribution in [2.24, 2.45) is 10.8 Å². The van der Waals surface area contributed by atoms with Crippen LogP contribution in [0.3, 0.4) is 0 Å². The van der Waals surface area contributed by atoms with Crippen LogP contribution in [0.25, 0.3) is 0 Å². The smallest absolute Gasteiger partial charge is 0.0561 e. The molecule has 1 saturated heterocycles. The zero-order chi connectivity index (χ0) is 14.5. The van der Waals surface area contributed by atoms with Crippen LogP contribution in [0.2, 0.25) is 0 Å². The molecule has 1 fully saturated rings. The van der Waals surface area contributed by atoms with Crippen LogP contribution in [0.1, 0.15) is 54.0 Å². The molecule has 0 N–H and O–H groups in total. The van der Waals surface area contributed by atoms with Crippen LogP contribution in [-0.2, 0) is 16.3 Å². The Bertz CT molecular complexity index is 430. The quantitative estimate of drug-likeness (QED) is 0.632. The summed E-state index contributed by atoms with van der Waals surface area (Å²) in [5, 5.41) is 0. The second-order valence-electron chi connectivity index (χ2n) is 8.32. The Hall–Kier alpha value is -0.430. The van der Waals surface area contributed by atoms with Crippen LogP contribution in [0.15, 0.2) is 29.2 Å². The second-order valence-corrected chi connectivity index (χ2v) is 10.4. The highest BCUT2D eigenvalue weighted by molar-refractivity contribution is 7.97. The molecule has 1 aliphatic heterocycles. The molecule has 0 saturated carbocycles.